The summed E-state index contributed by atoms with van der Waals surface area (Å²) in [5.74, 6) is -1.27. The standard InChI is InChI=1S/C17H24FN3O3/c1-12-10-13(18)11-15(16(12)21(23)24)17(22)20-9-8-19-14-6-4-2-3-5-7-14/h10-11,14,19H,2-9H2,1H3,(H,20,22). The van der Waals surface area contributed by atoms with Crippen molar-refractivity contribution in [2.75, 3.05) is 13.1 Å². The second kappa shape index (κ2) is 8.73. The zero-order valence-electron chi connectivity index (χ0n) is 13.9. The number of carbonyl (C=O) groups is 1. The summed E-state index contributed by atoms with van der Waals surface area (Å²) in [6.45, 7) is 2.37. The van der Waals surface area contributed by atoms with Crippen LogP contribution >= 0.6 is 0 Å². The van der Waals surface area contributed by atoms with Crippen LogP contribution in [0.5, 0.6) is 0 Å². The third-order valence-corrected chi connectivity index (χ3v) is 4.39. The molecule has 0 aliphatic heterocycles. The predicted molar refractivity (Wildman–Crippen MR) is 89.6 cm³/mol. The van der Waals surface area contributed by atoms with Gasteiger partial charge in [0.2, 0.25) is 0 Å². The van der Waals surface area contributed by atoms with Crippen LogP contribution in [0.2, 0.25) is 0 Å². The lowest BCUT2D eigenvalue weighted by Crippen LogP contribution is -2.37. The molecule has 1 aromatic carbocycles. The first kappa shape index (κ1) is 18.3. The highest BCUT2D eigenvalue weighted by Gasteiger charge is 2.24. The first-order chi connectivity index (χ1) is 11.5. The maximum Gasteiger partial charge on any atom is 0.285 e. The number of rotatable bonds is 6. The van der Waals surface area contributed by atoms with Crippen LogP contribution in [0.1, 0.15) is 54.4 Å². The van der Waals surface area contributed by atoms with Gasteiger partial charge in [0.05, 0.1) is 4.92 Å². The average molecular weight is 337 g/mol. The summed E-state index contributed by atoms with van der Waals surface area (Å²) < 4.78 is 13.5. The van der Waals surface area contributed by atoms with Crippen LogP contribution in [-0.2, 0) is 0 Å². The summed E-state index contributed by atoms with van der Waals surface area (Å²) >= 11 is 0. The van der Waals surface area contributed by atoms with E-state index in [4.69, 9.17) is 0 Å². The van der Waals surface area contributed by atoms with Crippen LogP contribution in [0.4, 0.5) is 10.1 Å². The van der Waals surface area contributed by atoms with Crippen molar-refractivity contribution in [3.8, 4) is 0 Å². The molecule has 0 atom stereocenters. The number of nitro benzene ring substituents is 1. The van der Waals surface area contributed by atoms with Crippen molar-refractivity contribution >= 4 is 11.6 Å². The second-order valence-corrected chi connectivity index (χ2v) is 6.27. The number of hydrogen-bond donors (Lipinski definition) is 2. The van der Waals surface area contributed by atoms with Crippen LogP contribution in [0, 0.1) is 22.9 Å². The van der Waals surface area contributed by atoms with Gasteiger partial charge in [-0.15, -0.1) is 0 Å². The maximum absolute atomic E-state index is 13.5. The highest BCUT2D eigenvalue weighted by molar-refractivity contribution is 5.98. The lowest BCUT2D eigenvalue weighted by molar-refractivity contribution is -0.385. The van der Waals surface area contributed by atoms with Gasteiger partial charge >= 0.3 is 0 Å². The Morgan fingerprint density at radius 2 is 1.92 bits per heavy atom. The van der Waals surface area contributed by atoms with Gasteiger partial charge in [0, 0.05) is 24.7 Å². The molecule has 0 unspecified atom stereocenters. The molecule has 1 aliphatic rings. The fourth-order valence-electron chi connectivity index (χ4n) is 3.18. The topological polar surface area (TPSA) is 84.3 Å². The molecule has 0 radical (unpaired) electrons. The number of benzene rings is 1. The predicted octanol–water partition coefficient (Wildman–Crippen LogP) is 3.08. The molecule has 7 heteroatoms. The summed E-state index contributed by atoms with van der Waals surface area (Å²) in [6.07, 6.45) is 7.28. The van der Waals surface area contributed by atoms with Crippen molar-refractivity contribution in [1.29, 1.82) is 0 Å². The zero-order valence-corrected chi connectivity index (χ0v) is 13.9. The number of nitro groups is 1. The Morgan fingerprint density at radius 1 is 1.25 bits per heavy atom. The molecule has 6 nitrogen and oxygen atoms in total. The molecular formula is C17H24FN3O3. The smallest absolute Gasteiger partial charge is 0.285 e. The first-order valence-electron chi connectivity index (χ1n) is 8.45. The molecule has 132 valence electrons. The molecule has 0 saturated heterocycles. The van der Waals surface area contributed by atoms with Crippen LogP contribution < -0.4 is 10.6 Å². The van der Waals surface area contributed by atoms with Gasteiger partial charge in [-0.05, 0) is 31.9 Å². The normalized spacial score (nSPS) is 15.8. The Kier molecular flexibility index (Phi) is 6.66. The van der Waals surface area contributed by atoms with Gasteiger partial charge in [-0.3, -0.25) is 14.9 Å². The molecule has 1 fully saturated rings. The lowest BCUT2D eigenvalue weighted by Gasteiger charge is -2.16. The first-order valence-corrected chi connectivity index (χ1v) is 8.45. The Bertz CT molecular complexity index is 599. The average Bonchev–Trinajstić information content (AvgIpc) is 2.78. The van der Waals surface area contributed by atoms with Gasteiger partial charge < -0.3 is 10.6 Å². The summed E-state index contributed by atoms with van der Waals surface area (Å²) in [5.41, 5.74) is -0.431. The Morgan fingerprint density at radius 3 is 2.54 bits per heavy atom. The van der Waals surface area contributed by atoms with Crippen molar-refractivity contribution in [3.05, 3.63) is 39.2 Å². The van der Waals surface area contributed by atoms with E-state index < -0.39 is 16.6 Å². The molecule has 0 bridgehead atoms. The van der Waals surface area contributed by atoms with Gasteiger partial charge in [0.1, 0.15) is 11.4 Å². The third-order valence-electron chi connectivity index (χ3n) is 4.39. The fraction of sp³-hybridized carbons (Fsp3) is 0.588. The Balaban J connectivity index is 1.89. The van der Waals surface area contributed by atoms with Gasteiger partial charge in [0.25, 0.3) is 11.6 Å². The summed E-state index contributed by atoms with van der Waals surface area (Å²) in [6, 6.07) is 2.44. The van der Waals surface area contributed by atoms with Crippen LogP contribution in [0.3, 0.4) is 0 Å². The molecule has 2 N–H and O–H groups in total. The molecular weight excluding hydrogens is 313 g/mol. The van der Waals surface area contributed by atoms with E-state index >= 15 is 0 Å². The van der Waals surface area contributed by atoms with Crippen molar-refractivity contribution < 1.29 is 14.1 Å². The lowest BCUT2D eigenvalue weighted by atomic mass is 10.1. The number of carbonyl (C=O) groups excluding carboxylic acids is 1. The number of nitrogens with one attached hydrogen (secondary N) is 2. The van der Waals surface area contributed by atoms with E-state index in [0.29, 0.717) is 19.1 Å². The highest BCUT2D eigenvalue weighted by atomic mass is 19.1. The largest absolute Gasteiger partial charge is 0.351 e. The van der Waals surface area contributed by atoms with Crippen molar-refractivity contribution in [1.82, 2.24) is 10.6 Å². The molecule has 0 aromatic heterocycles. The van der Waals surface area contributed by atoms with E-state index in [9.17, 15) is 19.3 Å². The van der Waals surface area contributed by atoms with Gasteiger partial charge in [-0.25, -0.2) is 4.39 Å². The van der Waals surface area contributed by atoms with E-state index in [-0.39, 0.29) is 16.8 Å². The highest BCUT2D eigenvalue weighted by Crippen LogP contribution is 2.24. The molecule has 0 spiro atoms. The molecule has 1 aliphatic carbocycles. The van der Waals surface area contributed by atoms with Crippen LogP contribution in [0.15, 0.2) is 12.1 Å². The Hall–Kier alpha value is -2.02. The van der Waals surface area contributed by atoms with Crippen molar-refractivity contribution in [3.63, 3.8) is 0 Å². The molecule has 1 saturated carbocycles. The summed E-state index contributed by atoms with van der Waals surface area (Å²) in [4.78, 5) is 22.6. The summed E-state index contributed by atoms with van der Waals surface area (Å²) in [7, 11) is 0. The van der Waals surface area contributed by atoms with Crippen molar-refractivity contribution in [2.45, 2.75) is 51.5 Å². The Labute approximate surface area is 141 Å². The minimum atomic E-state index is -0.653. The summed E-state index contributed by atoms with van der Waals surface area (Å²) in [5, 5.41) is 17.2. The third kappa shape index (κ3) is 4.99. The van der Waals surface area contributed by atoms with Crippen molar-refractivity contribution in [2.24, 2.45) is 0 Å². The number of amides is 1. The van der Waals surface area contributed by atoms with E-state index in [1.54, 1.807) is 0 Å². The maximum atomic E-state index is 13.5. The molecule has 24 heavy (non-hydrogen) atoms. The zero-order chi connectivity index (χ0) is 17.5. The van der Waals surface area contributed by atoms with E-state index in [0.717, 1.165) is 25.0 Å². The van der Waals surface area contributed by atoms with Crippen LogP contribution in [0.25, 0.3) is 0 Å². The van der Waals surface area contributed by atoms with E-state index in [2.05, 4.69) is 10.6 Å². The minimum Gasteiger partial charge on any atom is -0.351 e. The fourth-order valence-corrected chi connectivity index (χ4v) is 3.18. The molecule has 1 aromatic rings. The number of aryl methyl sites for hydroxylation is 1. The number of halogens is 1. The second-order valence-electron chi connectivity index (χ2n) is 6.27. The van der Waals surface area contributed by atoms with Gasteiger partial charge in [-0.2, -0.15) is 0 Å². The molecule has 1 amide bonds. The van der Waals surface area contributed by atoms with E-state index in [1.165, 1.54) is 32.6 Å². The van der Waals surface area contributed by atoms with E-state index in [1.807, 2.05) is 0 Å². The number of nitrogens with zero attached hydrogens (tertiary/aromatic N) is 1. The SMILES string of the molecule is Cc1cc(F)cc(C(=O)NCCNC2CCCCCC2)c1[N+](=O)[O-]. The minimum absolute atomic E-state index is 0.140. The quantitative estimate of drug-likeness (QED) is 0.362. The van der Waals surface area contributed by atoms with Gasteiger partial charge in [-0.1, -0.05) is 25.7 Å². The molecule has 2 rings (SSSR count). The monoisotopic (exact) mass is 337 g/mol. The molecule has 0 heterocycles. The van der Waals surface area contributed by atoms with Gasteiger partial charge in [0.15, 0.2) is 0 Å². The van der Waals surface area contributed by atoms with Crippen LogP contribution in [-0.4, -0.2) is 30.0 Å². The number of hydrogen-bond acceptors (Lipinski definition) is 4.